The molecular weight excluding hydrogens is 517 g/mol. The lowest BCUT2D eigenvalue weighted by atomic mass is 9.78. The van der Waals surface area contributed by atoms with Crippen LogP contribution in [0.1, 0.15) is 38.8 Å². The van der Waals surface area contributed by atoms with Crippen molar-refractivity contribution in [2.75, 3.05) is 31.0 Å². The first kappa shape index (κ1) is 29.0. The van der Waals surface area contributed by atoms with E-state index in [-0.39, 0.29) is 25.6 Å². The average Bonchev–Trinajstić information content (AvgIpc) is 2.80. The first-order valence-corrected chi connectivity index (χ1v) is 12.2. The van der Waals surface area contributed by atoms with E-state index in [4.69, 9.17) is 49.0 Å². The number of carbonyl (C=O) groups is 2. The summed E-state index contributed by atoms with van der Waals surface area (Å²) in [5, 5.41) is 13.1. The molecule has 0 aliphatic carbocycles. The molecule has 0 fully saturated rings. The predicted molar refractivity (Wildman–Crippen MR) is 138 cm³/mol. The summed E-state index contributed by atoms with van der Waals surface area (Å²) in [4.78, 5) is 22.3. The van der Waals surface area contributed by atoms with Crippen molar-refractivity contribution in [2.45, 2.75) is 45.3 Å². The lowest BCUT2D eigenvalue weighted by molar-refractivity contribution is -0.148. The summed E-state index contributed by atoms with van der Waals surface area (Å²) in [5.74, 6) is -0.525. The van der Waals surface area contributed by atoms with Crippen molar-refractivity contribution >= 4 is 52.4 Å². The SMILES string of the molecule is CC(=O)OC(CO)CNc1ccc(C(C)(C)c2cc(Cl)c(OCC(CCl)OC(C)=O)c(Cl)c2)cc1. The Balaban J connectivity index is 2.14. The number of alkyl halides is 1. The van der Waals surface area contributed by atoms with Gasteiger partial charge in [0.1, 0.15) is 18.8 Å². The Hall–Kier alpha value is -2.19. The smallest absolute Gasteiger partial charge is 0.303 e. The van der Waals surface area contributed by atoms with E-state index in [1.165, 1.54) is 13.8 Å². The van der Waals surface area contributed by atoms with Gasteiger partial charge in [-0.2, -0.15) is 0 Å². The van der Waals surface area contributed by atoms with Gasteiger partial charge >= 0.3 is 11.9 Å². The molecule has 0 radical (unpaired) electrons. The molecule has 0 heterocycles. The van der Waals surface area contributed by atoms with Crippen LogP contribution in [0.3, 0.4) is 0 Å². The van der Waals surface area contributed by atoms with Crippen molar-refractivity contribution in [1.29, 1.82) is 0 Å². The van der Waals surface area contributed by atoms with Crippen LogP contribution < -0.4 is 10.1 Å². The number of benzene rings is 2. The molecule has 0 aromatic heterocycles. The molecule has 0 saturated heterocycles. The van der Waals surface area contributed by atoms with Crippen LogP contribution in [0.15, 0.2) is 36.4 Å². The second-order valence-electron chi connectivity index (χ2n) is 8.46. The fourth-order valence-electron chi connectivity index (χ4n) is 3.36. The van der Waals surface area contributed by atoms with E-state index < -0.39 is 29.6 Å². The Bertz CT molecular complexity index is 990. The number of hydrogen-bond acceptors (Lipinski definition) is 7. The fourth-order valence-corrected chi connectivity index (χ4v) is 4.11. The number of nitrogens with one attached hydrogen (secondary N) is 1. The fraction of sp³-hybridized carbons (Fsp3) is 0.440. The van der Waals surface area contributed by atoms with Crippen LogP contribution in [0.5, 0.6) is 5.75 Å². The first-order chi connectivity index (χ1) is 16.5. The zero-order valence-electron chi connectivity index (χ0n) is 20.1. The highest BCUT2D eigenvalue weighted by Gasteiger charge is 2.26. The molecule has 2 rings (SSSR count). The van der Waals surface area contributed by atoms with Crippen LogP contribution in [-0.4, -0.2) is 54.9 Å². The maximum atomic E-state index is 11.2. The molecule has 192 valence electrons. The van der Waals surface area contributed by atoms with Crippen LogP contribution >= 0.6 is 34.8 Å². The number of ether oxygens (including phenoxy) is 3. The summed E-state index contributed by atoms with van der Waals surface area (Å²) in [7, 11) is 0. The number of hydrogen-bond donors (Lipinski definition) is 2. The molecule has 2 aromatic carbocycles. The summed E-state index contributed by atoms with van der Waals surface area (Å²) in [6, 6.07) is 11.3. The van der Waals surface area contributed by atoms with Crippen LogP contribution in [-0.2, 0) is 24.5 Å². The van der Waals surface area contributed by atoms with Crippen LogP contribution in [0.2, 0.25) is 10.0 Å². The van der Waals surface area contributed by atoms with Gasteiger partial charge in [-0.15, -0.1) is 11.6 Å². The van der Waals surface area contributed by atoms with Crippen molar-refractivity contribution < 1.29 is 28.9 Å². The van der Waals surface area contributed by atoms with Gasteiger partial charge in [0.25, 0.3) is 0 Å². The highest BCUT2D eigenvalue weighted by atomic mass is 35.5. The molecule has 0 bridgehead atoms. The number of carbonyl (C=O) groups excluding carboxylic acids is 2. The zero-order valence-corrected chi connectivity index (χ0v) is 22.3. The molecule has 2 atom stereocenters. The molecule has 0 aliphatic rings. The summed E-state index contributed by atoms with van der Waals surface area (Å²) >= 11 is 18.8. The van der Waals surface area contributed by atoms with Crippen molar-refractivity contribution in [3.05, 3.63) is 57.6 Å². The summed E-state index contributed by atoms with van der Waals surface area (Å²) in [5.41, 5.74) is 2.27. The van der Waals surface area contributed by atoms with Crippen LogP contribution in [0.4, 0.5) is 5.69 Å². The highest BCUT2D eigenvalue weighted by molar-refractivity contribution is 6.37. The van der Waals surface area contributed by atoms with Gasteiger partial charge in [0, 0.05) is 24.9 Å². The summed E-state index contributed by atoms with van der Waals surface area (Å²) in [6.07, 6.45) is -1.24. The minimum absolute atomic E-state index is 0.0221. The molecule has 2 aromatic rings. The Morgan fingerprint density at radius 1 is 0.971 bits per heavy atom. The largest absolute Gasteiger partial charge is 0.487 e. The third-order valence-corrected chi connectivity index (χ3v) is 6.22. The molecular formula is C25H30Cl3NO6. The summed E-state index contributed by atoms with van der Waals surface area (Å²) in [6.45, 7) is 6.73. The van der Waals surface area contributed by atoms with E-state index >= 15 is 0 Å². The van der Waals surface area contributed by atoms with Gasteiger partial charge in [-0.1, -0.05) is 49.2 Å². The molecule has 10 heteroatoms. The van der Waals surface area contributed by atoms with Crippen molar-refractivity contribution in [2.24, 2.45) is 0 Å². The topological polar surface area (TPSA) is 94.1 Å². The molecule has 7 nitrogen and oxygen atoms in total. The van der Waals surface area contributed by atoms with Gasteiger partial charge in [0.2, 0.25) is 0 Å². The maximum absolute atomic E-state index is 11.2. The van der Waals surface area contributed by atoms with E-state index in [1.807, 2.05) is 38.1 Å². The number of anilines is 1. The lowest BCUT2D eigenvalue weighted by Gasteiger charge is -2.28. The lowest BCUT2D eigenvalue weighted by Crippen LogP contribution is -2.28. The third kappa shape index (κ3) is 8.46. The number of aliphatic hydroxyl groups excluding tert-OH is 1. The molecule has 0 amide bonds. The van der Waals surface area contributed by atoms with Gasteiger partial charge in [-0.3, -0.25) is 9.59 Å². The highest BCUT2D eigenvalue weighted by Crippen LogP contribution is 2.40. The molecule has 0 aliphatic heterocycles. The average molecular weight is 547 g/mol. The number of aliphatic hydroxyl groups is 1. The quantitative estimate of drug-likeness (QED) is 0.279. The Morgan fingerprint density at radius 3 is 2.00 bits per heavy atom. The Kier molecular flexibility index (Phi) is 11.0. The van der Waals surface area contributed by atoms with Gasteiger partial charge < -0.3 is 24.6 Å². The molecule has 0 saturated carbocycles. The van der Waals surface area contributed by atoms with Gasteiger partial charge in [-0.25, -0.2) is 0 Å². The number of rotatable bonds is 12. The second kappa shape index (κ2) is 13.2. The standard InChI is InChI=1S/C25H30Cl3NO6/c1-15(31)34-20(11-26)14-33-24-22(27)9-18(10-23(24)28)25(3,4)17-5-7-19(8-6-17)29-12-21(13-30)35-16(2)32/h5-10,20-21,29-30H,11-14H2,1-4H3. The van der Waals surface area contributed by atoms with Crippen LogP contribution in [0.25, 0.3) is 0 Å². The van der Waals surface area contributed by atoms with Gasteiger partial charge in [0.05, 0.1) is 29.1 Å². The molecule has 35 heavy (non-hydrogen) atoms. The van der Waals surface area contributed by atoms with Gasteiger partial charge in [0.15, 0.2) is 5.75 Å². The second-order valence-corrected chi connectivity index (χ2v) is 9.59. The monoisotopic (exact) mass is 545 g/mol. The molecule has 2 unspecified atom stereocenters. The third-order valence-electron chi connectivity index (χ3n) is 5.31. The Morgan fingerprint density at radius 2 is 1.51 bits per heavy atom. The zero-order chi connectivity index (χ0) is 26.2. The van der Waals surface area contributed by atoms with Gasteiger partial charge in [-0.05, 0) is 35.4 Å². The normalized spacial score (nSPS) is 13.0. The van der Waals surface area contributed by atoms with E-state index in [9.17, 15) is 14.7 Å². The maximum Gasteiger partial charge on any atom is 0.303 e. The first-order valence-electron chi connectivity index (χ1n) is 11.0. The number of halogens is 3. The number of esters is 2. The summed E-state index contributed by atoms with van der Waals surface area (Å²) < 4.78 is 15.8. The Labute approximate surface area is 220 Å². The van der Waals surface area contributed by atoms with E-state index in [0.29, 0.717) is 15.8 Å². The molecule has 0 spiro atoms. The van der Waals surface area contributed by atoms with Crippen molar-refractivity contribution in [3.63, 3.8) is 0 Å². The van der Waals surface area contributed by atoms with E-state index in [1.54, 1.807) is 12.1 Å². The molecule has 2 N–H and O–H groups in total. The minimum atomic E-state index is -0.623. The predicted octanol–water partition coefficient (Wildman–Crippen LogP) is 5.20. The van der Waals surface area contributed by atoms with Crippen molar-refractivity contribution in [3.8, 4) is 5.75 Å². The minimum Gasteiger partial charge on any atom is -0.487 e. The van der Waals surface area contributed by atoms with Crippen molar-refractivity contribution in [1.82, 2.24) is 0 Å². The van der Waals surface area contributed by atoms with E-state index in [0.717, 1.165) is 16.8 Å². The van der Waals surface area contributed by atoms with Crippen LogP contribution in [0, 0.1) is 0 Å². The van der Waals surface area contributed by atoms with E-state index in [2.05, 4.69) is 5.32 Å².